The minimum absolute atomic E-state index is 0.736. The van der Waals surface area contributed by atoms with Gasteiger partial charge in [0.2, 0.25) is 0 Å². The van der Waals surface area contributed by atoms with E-state index < -0.39 is 0 Å². The summed E-state index contributed by atoms with van der Waals surface area (Å²) in [5.41, 5.74) is 5.86. The molecule has 1 aliphatic rings. The average molecular weight is 347 g/mol. The molecule has 0 radical (unpaired) electrons. The van der Waals surface area contributed by atoms with E-state index in [0.717, 1.165) is 11.8 Å². The topological polar surface area (TPSA) is 0 Å². The predicted molar refractivity (Wildman–Crippen MR) is 115 cm³/mol. The zero-order valence-corrected chi connectivity index (χ0v) is 16.6. The summed E-state index contributed by atoms with van der Waals surface area (Å²) in [7, 11) is 0. The zero-order valence-electron chi connectivity index (χ0n) is 16.6. The van der Waals surface area contributed by atoms with Crippen LogP contribution in [0.3, 0.4) is 0 Å². The lowest BCUT2D eigenvalue weighted by molar-refractivity contribution is 0.312. The van der Waals surface area contributed by atoms with Crippen molar-refractivity contribution in [2.24, 2.45) is 5.92 Å². The first-order valence-corrected chi connectivity index (χ1v) is 10.6. The van der Waals surface area contributed by atoms with Crippen molar-refractivity contribution in [2.75, 3.05) is 0 Å². The molecule has 0 bridgehead atoms. The third-order valence-corrected chi connectivity index (χ3v) is 6.03. The minimum atomic E-state index is 0.736. The summed E-state index contributed by atoms with van der Waals surface area (Å²) in [6.45, 7) is 4.38. The molecule has 138 valence electrons. The summed E-state index contributed by atoms with van der Waals surface area (Å²) in [5.74, 6) is 1.67. The molecule has 0 aliphatic heterocycles. The largest absolute Gasteiger partial charge is 0.0917 e. The van der Waals surface area contributed by atoms with Crippen molar-refractivity contribution in [2.45, 2.75) is 71.1 Å². The molecular weight excluding hydrogens is 312 g/mol. The van der Waals surface area contributed by atoms with Gasteiger partial charge in [0.25, 0.3) is 0 Å². The Morgan fingerprint density at radius 2 is 1.65 bits per heavy atom. The Morgan fingerprint density at radius 3 is 2.35 bits per heavy atom. The van der Waals surface area contributed by atoms with Gasteiger partial charge in [0.15, 0.2) is 0 Å². The van der Waals surface area contributed by atoms with E-state index in [9.17, 15) is 0 Å². The van der Waals surface area contributed by atoms with Gasteiger partial charge < -0.3 is 0 Å². The molecule has 0 heteroatoms. The Morgan fingerprint density at radius 1 is 0.923 bits per heavy atom. The molecule has 3 rings (SSSR count). The molecule has 0 spiro atoms. The zero-order chi connectivity index (χ0) is 18.2. The molecular formula is C26H34. The smallest absolute Gasteiger partial charge is 0.0149 e. The molecule has 0 amide bonds. The summed E-state index contributed by atoms with van der Waals surface area (Å²) in [4.78, 5) is 0. The fourth-order valence-electron chi connectivity index (χ4n) is 4.52. The lowest BCUT2D eigenvalue weighted by Gasteiger charge is -2.30. The maximum atomic E-state index is 2.38. The van der Waals surface area contributed by atoms with E-state index in [4.69, 9.17) is 0 Å². The van der Waals surface area contributed by atoms with E-state index in [1.54, 1.807) is 5.56 Å². The van der Waals surface area contributed by atoms with E-state index in [2.05, 4.69) is 74.5 Å². The Hall–Kier alpha value is -1.82. The van der Waals surface area contributed by atoms with E-state index in [1.807, 2.05) is 0 Å². The second-order valence-corrected chi connectivity index (χ2v) is 7.90. The van der Waals surface area contributed by atoms with Crippen molar-refractivity contribution >= 4 is 0 Å². The van der Waals surface area contributed by atoms with Crippen molar-refractivity contribution in [3.63, 3.8) is 0 Å². The fraction of sp³-hybridized carbons (Fsp3) is 0.462. The molecule has 0 saturated heterocycles. The molecule has 1 fully saturated rings. The van der Waals surface area contributed by atoms with Crippen LogP contribution in [0.5, 0.6) is 0 Å². The van der Waals surface area contributed by atoms with Gasteiger partial charge in [-0.05, 0) is 86.0 Å². The van der Waals surface area contributed by atoms with Crippen LogP contribution in [-0.4, -0.2) is 0 Å². The van der Waals surface area contributed by atoms with E-state index in [-0.39, 0.29) is 0 Å². The van der Waals surface area contributed by atoms with Crippen LogP contribution in [0.2, 0.25) is 0 Å². The number of aryl methyl sites for hydroxylation is 1. The van der Waals surface area contributed by atoms with Gasteiger partial charge in [-0.25, -0.2) is 0 Å². The molecule has 0 nitrogen and oxygen atoms in total. The standard InChI is InChI=1S/C26H34/c1-3-5-6-10-22-15-19-24(20-16-22)26-12-8-7-11-25(26)23-17-13-21(9-4-2)14-18-23/h3,5,7-8,11-14,17-18,22,24H,4,6,9-10,15-16,19-20H2,1-2H3/b5-3+/t22-,24-. The first-order chi connectivity index (χ1) is 12.8. The molecule has 26 heavy (non-hydrogen) atoms. The fourth-order valence-corrected chi connectivity index (χ4v) is 4.52. The summed E-state index contributed by atoms with van der Waals surface area (Å²) in [5, 5.41) is 0. The highest BCUT2D eigenvalue weighted by Gasteiger charge is 2.23. The van der Waals surface area contributed by atoms with Gasteiger partial charge in [-0.3, -0.25) is 0 Å². The van der Waals surface area contributed by atoms with Crippen LogP contribution >= 0.6 is 0 Å². The van der Waals surface area contributed by atoms with Crippen molar-refractivity contribution in [1.82, 2.24) is 0 Å². The van der Waals surface area contributed by atoms with Gasteiger partial charge in [0.1, 0.15) is 0 Å². The first-order valence-electron chi connectivity index (χ1n) is 10.6. The minimum Gasteiger partial charge on any atom is -0.0917 e. The summed E-state index contributed by atoms with van der Waals surface area (Å²) in [6, 6.07) is 18.4. The normalized spacial score (nSPS) is 20.5. The Labute approximate surface area is 160 Å². The van der Waals surface area contributed by atoms with Crippen LogP contribution in [0.25, 0.3) is 11.1 Å². The van der Waals surface area contributed by atoms with Crippen molar-refractivity contribution in [1.29, 1.82) is 0 Å². The molecule has 1 aliphatic carbocycles. The molecule has 2 aromatic rings. The maximum Gasteiger partial charge on any atom is -0.0149 e. The van der Waals surface area contributed by atoms with Gasteiger partial charge in [-0.2, -0.15) is 0 Å². The first kappa shape index (κ1) is 19.0. The molecule has 0 unspecified atom stereocenters. The summed E-state index contributed by atoms with van der Waals surface area (Å²) >= 11 is 0. The molecule has 0 heterocycles. The SMILES string of the molecule is C/C=C/CC[C@H]1CC[C@H](c2ccccc2-c2ccc(CCC)cc2)CC1. The summed E-state index contributed by atoms with van der Waals surface area (Å²) < 4.78 is 0. The van der Waals surface area contributed by atoms with Crippen LogP contribution in [-0.2, 0) is 6.42 Å². The highest BCUT2D eigenvalue weighted by molar-refractivity contribution is 5.68. The van der Waals surface area contributed by atoms with Crippen molar-refractivity contribution < 1.29 is 0 Å². The Balaban J connectivity index is 1.70. The number of hydrogen-bond acceptors (Lipinski definition) is 0. The van der Waals surface area contributed by atoms with Gasteiger partial charge in [-0.1, -0.05) is 74.0 Å². The van der Waals surface area contributed by atoms with Crippen molar-refractivity contribution in [3.8, 4) is 11.1 Å². The van der Waals surface area contributed by atoms with E-state index >= 15 is 0 Å². The van der Waals surface area contributed by atoms with E-state index in [1.165, 1.54) is 68.1 Å². The van der Waals surface area contributed by atoms with Crippen LogP contribution < -0.4 is 0 Å². The van der Waals surface area contributed by atoms with Crippen LogP contribution in [0.15, 0.2) is 60.7 Å². The number of rotatable bonds is 7. The van der Waals surface area contributed by atoms with Crippen LogP contribution in [0, 0.1) is 5.92 Å². The predicted octanol–water partition coefficient (Wildman–Crippen LogP) is 7.94. The third-order valence-electron chi connectivity index (χ3n) is 6.03. The van der Waals surface area contributed by atoms with Crippen molar-refractivity contribution in [3.05, 3.63) is 71.8 Å². The Bertz CT molecular complexity index is 684. The monoisotopic (exact) mass is 346 g/mol. The van der Waals surface area contributed by atoms with E-state index in [0.29, 0.717) is 0 Å². The Kier molecular flexibility index (Phi) is 7.12. The lowest BCUT2D eigenvalue weighted by Crippen LogP contribution is -2.14. The maximum absolute atomic E-state index is 2.38. The lowest BCUT2D eigenvalue weighted by atomic mass is 9.75. The number of benzene rings is 2. The molecule has 1 saturated carbocycles. The van der Waals surface area contributed by atoms with Gasteiger partial charge in [0.05, 0.1) is 0 Å². The average Bonchev–Trinajstić information content (AvgIpc) is 2.70. The van der Waals surface area contributed by atoms with Gasteiger partial charge in [0, 0.05) is 0 Å². The number of allylic oxidation sites excluding steroid dienone is 2. The van der Waals surface area contributed by atoms with Crippen LogP contribution in [0.4, 0.5) is 0 Å². The molecule has 0 atom stereocenters. The molecule has 0 aromatic heterocycles. The molecule has 2 aromatic carbocycles. The molecule has 0 N–H and O–H groups in total. The highest BCUT2D eigenvalue weighted by Crippen LogP contribution is 2.41. The quantitative estimate of drug-likeness (QED) is 0.446. The highest BCUT2D eigenvalue weighted by atomic mass is 14.3. The third kappa shape index (κ3) is 4.87. The second-order valence-electron chi connectivity index (χ2n) is 7.90. The summed E-state index contributed by atoms with van der Waals surface area (Å²) in [6.07, 6.45) is 15.0. The second kappa shape index (κ2) is 9.76. The van der Waals surface area contributed by atoms with Gasteiger partial charge in [-0.15, -0.1) is 0 Å². The van der Waals surface area contributed by atoms with Crippen LogP contribution in [0.1, 0.15) is 75.8 Å². The number of hydrogen-bond donors (Lipinski definition) is 0. The van der Waals surface area contributed by atoms with Gasteiger partial charge >= 0.3 is 0 Å².